The molecule has 0 radical (unpaired) electrons. The Labute approximate surface area is 282 Å². The Morgan fingerprint density at radius 1 is 0.486 bits per heavy atom. The minimum Gasteiger partial charge on any atom is -0.480 e. The monoisotopic (exact) mass is 830 g/mol. The molecular formula is C14H6Cl16O4S. The van der Waals surface area contributed by atoms with Crippen molar-refractivity contribution in [2.75, 3.05) is 0 Å². The number of hydrogen-bond donors (Lipinski definition) is 2. The van der Waals surface area contributed by atoms with Crippen molar-refractivity contribution in [1.82, 2.24) is 0 Å². The molecule has 2 saturated carbocycles. The van der Waals surface area contributed by atoms with E-state index in [2.05, 4.69) is 0 Å². The number of thioether (sulfide) groups is 1. The summed E-state index contributed by atoms with van der Waals surface area (Å²) >= 11 is 102. The molecule has 2 aliphatic rings. The van der Waals surface area contributed by atoms with Crippen molar-refractivity contribution < 1.29 is 19.8 Å². The van der Waals surface area contributed by atoms with Crippen LogP contribution >= 0.6 is 197 Å². The Balaban J connectivity index is 2.78. The summed E-state index contributed by atoms with van der Waals surface area (Å²) in [5, 5.41) is 19.5. The van der Waals surface area contributed by atoms with E-state index in [-0.39, 0.29) is 11.8 Å². The second kappa shape index (κ2) is 9.73. The summed E-state index contributed by atoms with van der Waals surface area (Å²) in [5.74, 6) is -3.81. The van der Waals surface area contributed by atoms with Crippen LogP contribution in [0.1, 0.15) is 12.8 Å². The predicted octanol–water partition coefficient (Wildman–Crippen LogP) is 9.56. The van der Waals surface area contributed by atoms with Gasteiger partial charge < -0.3 is 10.2 Å². The molecule has 0 heterocycles. The summed E-state index contributed by atoms with van der Waals surface area (Å²) in [6, 6.07) is 0. The summed E-state index contributed by atoms with van der Waals surface area (Å²) < 4.78 is -21.5. The maximum absolute atomic E-state index is 12.0. The largest absolute Gasteiger partial charge is 0.480 e. The fraction of sp³-hybridized carbons (Fsp3) is 0.857. The van der Waals surface area contributed by atoms with Gasteiger partial charge in [0.25, 0.3) is 0 Å². The molecule has 0 amide bonds. The normalized spacial score (nSPS) is 42.7. The van der Waals surface area contributed by atoms with Crippen LogP contribution in [0.4, 0.5) is 0 Å². The first-order valence-electron chi connectivity index (χ1n) is 8.20. The van der Waals surface area contributed by atoms with Crippen LogP contribution in [-0.2, 0) is 9.59 Å². The molecule has 2 rings (SSSR count). The summed E-state index contributed by atoms with van der Waals surface area (Å²) in [4.78, 5) is 18.2. The van der Waals surface area contributed by atoms with Crippen molar-refractivity contribution >= 4 is 209 Å². The van der Waals surface area contributed by atoms with E-state index in [4.69, 9.17) is 186 Å². The van der Waals surface area contributed by atoms with Crippen molar-refractivity contribution in [3.05, 3.63) is 0 Å². The van der Waals surface area contributed by atoms with Gasteiger partial charge in [0, 0.05) is 12.8 Å². The number of carbonyl (C=O) groups is 2. The second-order valence-electron chi connectivity index (χ2n) is 7.55. The van der Waals surface area contributed by atoms with Gasteiger partial charge in [-0.3, -0.25) is 9.59 Å². The first-order valence-corrected chi connectivity index (χ1v) is 15.1. The number of hydrogen-bond acceptors (Lipinski definition) is 3. The summed E-state index contributed by atoms with van der Waals surface area (Å²) in [5.41, 5.74) is 0. The molecule has 2 fully saturated rings. The van der Waals surface area contributed by atoms with Crippen LogP contribution in [0.3, 0.4) is 0 Å². The standard InChI is InChI=1S/C14H6Cl16O4S/c15-5(16)1-7(19,11(23,24)13(27,28)9(5,21)3(31)32)35-8(20)2-6(17,18)10(22,4(33)34)14(29,30)12(8,25)26/h1-2H2,(H,31,32)(H,33,34). The molecule has 0 aromatic carbocycles. The van der Waals surface area contributed by atoms with E-state index in [1.165, 1.54) is 0 Å². The van der Waals surface area contributed by atoms with E-state index in [1.54, 1.807) is 0 Å². The number of rotatable bonds is 4. The molecule has 2 N–H and O–H groups in total. The van der Waals surface area contributed by atoms with Crippen LogP contribution in [-0.4, -0.2) is 66.3 Å². The molecule has 35 heavy (non-hydrogen) atoms. The second-order valence-corrected chi connectivity index (χ2v) is 20.3. The maximum atomic E-state index is 12.0. The minimum absolute atomic E-state index is 0.218. The lowest BCUT2D eigenvalue weighted by Gasteiger charge is -2.62. The average Bonchev–Trinajstić information content (AvgIpc) is 2.62. The average molecular weight is 838 g/mol. The molecule has 0 spiro atoms. The first-order chi connectivity index (χ1) is 15.0. The molecular weight excluding hydrogens is 831 g/mol. The maximum Gasteiger partial charge on any atom is 0.331 e. The Morgan fingerprint density at radius 3 is 0.914 bits per heavy atom. The van der Waals surface area contributed by atoms with Gasteiger partial charge in [0.1, 0.15) is 8.41 Å². The third-order valence-electron chi connectivity index (χ3n) is 5.41. The quantitative estimate of drug-likeness (QED) is 0.276. The summed E-state index contributed by atoms with van der Waals surface area (Å²) in [6.45, 7) is 0. The molecule has 4 unspecified atom stereocenters. The van der Waals surface area contributed by atoms with E-state index in [0.29, 0.717) is 0 Å². The molecule has 0 saturated heterocycles. The van der Waals surface area contributed by atoms with Crippen molar-refractivity contribution in [3.63, 3.8) is 0 Å². The van der Waals surface area contributed by atoms with Crippen LogP contribution in [0.25, 0.3) is 0 Å². The SMILES string of the molecule is O=C(O)C1(Cl)C(Cl)(Cl)CC(Cl)(SC2(Cl)CC(Cl)(Cl)C(Cl)(C(=O)O)C(Cl)(Cl)C2(Cl)Cl)C(Cl)(Cl)C1(Cl)Cl. The zero-order chi connectivity index (χ0) is 28.3. The van der Waals surface area contributed by atoms with Gasteiger partial charge in [-0.1, -0.05) is 162 Å². The number of aliphatic carboxylic acids is 2. The van der Waals surface area contributed by atoms with Gasteiger partial charge in [-0.05, 0) is 0 Å². The molecule has 21 heteroatoms. The van der Waals surface area contributed by atoms with Crippen molar-refractivity contribution in [3.8, 4) is 0 Å². The topological polar surface area (TPSA) is 74.6 Å². The van der Waals surface area contributed by atoms with Crippen molar-refractivity contribution in [2.24, 2.45) is 0 Å². The van der Waals surface area contributed by atoms with Gasteiger partial charge in [0.2, 0.25) is 9.75 Å². The van der Waals surface area contributed by atoms with Crippen LogP contribution in [0.2, 0.25) is 0 Å². The van der Waals surface area contributed by atoms with Gasteiger partial charge >= 0.3 is 11.9 Å². The smallest absolute Gasteiger partial charge is 0.331 e. The van der Waals surface area contributed by atoms with Gasteiger partial charge in [0.05, 0.1) is 0 Å². The Bertz CT molecular complexity index is 883. The van der Waals surface area contributed by atoms with E-state index in [9.17, 15) is 19.8 Å². The van der Waals surface area contributed by atoms with E-state index in [1.807, 2.05) is 0 Å². The van der Waals surface area contributed by atoms with Crippen LogP contribution in [0, 0.1) is 0 Å². The fourth-order valence-electron chi connectivity index (χ4n) is 3.44. The van der Waals surface area contributed by atoms with Crippen molar-refractivity contribution in [1.29, 1.82) is 0 Å². The number of carboxylic acids is 2. The fourth-order valence-corrected chi connectivity index (χ4v) is 13.3. The molecule has 2 aliphatic carbocycles. The Morgan fingerprint density at radius 2 is 0.714 bits per heavy atom. The highest BCUT2D eigenvalue weighted by Crippen LogP contribution is 2.79. The molecule has 4 atom stereocenters. The lowest BCUT2D eigenvalue weighted by atomic mass is 9.84. The molecule has 4 nitrogen and oxygen atoms in total. The van der Waals surface area contributed by atoms with Gasteiger partial charge in [-0.15, -0.1) is 35.0 Å². The minimum atomic E-state index is -2.95. The molecule has 0 bridgehead atoms. The zero-order valence-electron chi connectivity index (χ0n) is 15.6. The van der Waals surface area contributed by atoms with Crippen LogP contribution in [0.5, 0.6) is 0 Å². The third kappa shape index (κ3) is 4.36. The summed E-state index contributed by atoms with van der Waals surface area (Å²) in [7, 11) is 0. The molecule has 0 aromatic rings. The van der Waals surface area contributed by atoms with Crippen LogP contribution in [0.15, 0.2) is 0 Å². The van der Waals surface area contributed by atoms with Gasteiger partial charge in [0.15, 0.2) is 26.0 Å². The molecule has 0 aromatic heterocycles. The van der Waals surface area contributed by atoms with Crippen molar-refractivity contribution in [2.45, 2.75) is 57.0 Å². The summed E-state index contributed by atoms with van der Waals surface area (Å²) in [6.07, 6.45) is -1.81. The number of alkyl halides is 16. The Kier molecular flexibility index (Phi) is 9.76. The Hall–Kier alpha value is 3.93. The highest BCUT2D eigenvalue weighted by molar-refractivity contribution is 8.04. The van der Waals surface area contributed by atoms with E-state index >= 15 is 0 Å². The lowest BCUT2D eigenvalue weighted by molar-refractivity contribution is -0.142. The first kappa shape index (κ1) is 35.1. The number of carboxylic acid groups (broad SMARTS) is 2. The molecule has 0 aliphatic heterocycles. The van der Waals surface area contributed by atoms with Gasteiger partial charge in [-0.2, -0.15) is 0 Å². The lowest BCUT2D eigenvalue weighted by Crippen LogP contribution is -2.77. The number of halogens is 16. The van der Waals surface area contributed by atoms with Crippen LogP contribution < -0.4 is 0 Å². The molecule has 204 valence electrons. The van der Waals surface area contributed by atoms with E-state index in [0.717, 1.165) is 0 Å². The van der Waals surface area contributed by atoms with E-state index < -0.39 is 68.9 Å². The zero-order valence-corrected chi connectivity index (χ0v) is 28.5. The third-order valence-corrected chi connectivity index (χ3v) is 18.5. The highest BCUT2D eigenvalue weighted by atomic mass is 35.6. The van der Waals surface area contributed by atoms with Gasteiger partial charge in [-0.25, -0.2) is 0 Å². The highest BCUT2D eigenvalue weighted by Gasteiger charge is 2.87. The predicted molar refractivity (Wildman–Crippen MR) is 153 cm³/mol.